The van der Waals surface area contributed by atoms with E-state index in [0.29, 0.717) is 12.0 Å². The van der Waals surface area contributed by atoms with Crippen molar-refractivity contribution in [3.05, 3.63) is 0 Å². The van der Waals surface area contributed by atoms with Crippen molar-refractivity contribution in [1.82, 2.24) is 0 Å². The van der Waals surface area contributed by atoms with Gasteiger partial charge in [-0.05, 0) is 32.4 Å². The molecule has 5 heteroatoms. The van der Waals surface area contributed by atoms with Gasteiger partial charge in [-0.2, -0.15) is 0 Å². The van der Waals surface area contributed by atoms with E-state index in [9.17, 15) is 0 Å². The molecule has 4 nitrogen and oxygen atoms in total. The van der Waals surface area contributed by atoms with Crippen molar-refractivity contribution in [3.63, 3.8) is 0 Å². The van der Waals surface area contributed by atoms with E-state index >= 15 is 0 Å². The lowest BCUT2D eigenvalue weighted by atomic mass is 10.2. The molecule has 2 unspecified atom stereocenters. The van der Waals surface area contributed by atoms with Gasteiger partial charge in [-0.1, -0.05) is 6.92 Å². The highest BCUT2D eigenvalue weighted by Crippen LogP contribution is 2.20. The molecule has 102 valence electrons. The van der Waals surface area contributed by atoms with Crippen molar-refractivity contribution >= 4 is 8.56 Å². The summed E-state index contributed by atoms with van der Waals surface area (Å²) in [7, 11) is -1.99. The number of rotatable bonds is 10. The molecule has 1 saturated heterocycles. The minimum atomic E-state index is -1.99. The molecule has 1 aliphatic heterocycles. The van der Waals surface area contributed by atoms with Crippen LogP contribution in [0.25, 0.3) is 0 Å². The van der Waals surface area contributed by atoms with E-state index < -0.39 is 8.56 Å². The van der Waals surface area contributed by atoms with Gasteiger partial charge in [0.2, 0.25) is 0 Å². The van der Waals surface area contributed by atoms with Gasteiger partial charge in [0, 0.05) is 19.8 Å². The molecule has 2 atom stereocenters. The quantitative estimate of drug-likeness (QED) is 0.447. The van der Waals surface area contributed by atoms with Crippen molar-refractivity contribution < 1.29 is 18.3 Å². The third kappa shape index (κ3) is 6.52. The molecule has 0 saturated carbocycles. The zero-order chi connectivity index (χ0) is 12.7. The highest BCUT2D eigenvalue weighted by Gasteiger charge is 2.33. The van der Waals surface area contributed by atoms with Crippen LogP contribution < -0.4 is 0 Å². The number of hydrogen-bond acceptors (Lipinski definition) is 4. The molecule has 0 bridgehead atoms. The maximum atomic E-state index is 5.82. The van der Waals surface area contributed by atoms with Crippen LogP contribution >= 0.6 is 0 Å². The Labute approximate surface area is 106 Å². The molecule has 1 rings (SSSR count). The first-order chi connectivity index (χ1) is 8.09. The minimum absolute atomic E-state index is 0.351. The van der Waals surface area contributed by atoms with Gasteiger partial charge in [0.15, 0.2) is 0 Å². The highest BCUT2D eigenvalue weighted by atomic mass is 28.4. The van der Waals surface area contributed by atoms with Crippen LogP contribution in [0, 0.1) is 5.92 Å². The largest absolute Gasteiger partial charge is 0.395 e. The predicted octanol–water partition coefficient (Wildman–Crippen LogP) is 2.18. The third-order valence-corrected chi connectivity index (χ3v) is 5.96. The zero-order valence-corrected chi connectivity index (χ0v) is 12.5. The van der Waals surface area contributed by atoms with E-state index in [0.717, 1.165) is 39.1 Å². The van der Waals surface area contributed by atoms with Crippen LogP contribution in [0.5, 0.6) is 0 Å². The van der Waals surface area contributed by atoms with E-state index in [2.05, 4.69) is 13.5 Å². The second-order valence-electron chi connectivity index (χ2n) is 4.80. The number of epoxide rings is 1. The standard InChI is InChI=1S/C12H26O4Si/c1-5-15-17(4,16-6-2)10-11(3)7-13-8-12-9-14-12/h11-12H,5-10H2,1-4H3. The van der Waals surface area contributed by atoms with E-state index in [1.165, 1.54) is 0 Å². The maximum Gasteiger partial charge on any atom is 0.335 e. The Morgan fingerprint density at radius 3 is 2.35 bits per heavy atom. The smallest absolute Gasteiger partial charge is 0.335 e. The van der Waals surface area contributed by atoms with Crippen molar-refractivity contribution in [2.45, 2.75) is 39.5 Å². The average molecular weight is 262 g/mol. The van der Waals surface area contributed by atoms with Crippen molar-refractivity contribution in [2.75, 3.05) is 33.0 Å². The fourth-order valence-electron chi connectivity index (χ4n) is 2.03. The first-order valence-corrected chi connectivity index (χ1v) is 9.09. The number of ether oxygens (including phenoxy) is 2. The van der Waals surface area contributed by atoms with Gasteiger partial charge in [-0.15, -0.1) is 0 Å². The summed E-state index contributed by atoms with van der Waals surface area (Å²) in [5, 5.41) is 0. The monoisotopic (exact) mass is 262 g/mol. The van der Waals surface area contributed by atoms with Crippen LogP contribution in [0.4, 0.5) is 0 Å². The zero-order valence-electron chi connectivity index (χ0n) is 11.5. The summed E-state index contributed by atoms with van der Waals surface area (Å²) >= 11 is 0. The van der Waals surface area contributed by atoms with Crippen LogP contribution in [0.3, 0.4) is 0 Å². The minimum Gasteiger partial charge on any atom is -0.395 e. The second-order valence-corrected chi connectivity index (χ2v) is 8.06. The van der Waals surface area contributed by atoms with Gasteiger partial charge < -0.3 is 18.3 Å². The fraction of sp³-hybridized carbons (Fsp3) is 1.00. The molecule has 1 fully saturated rings. The lowest BCUT2D eigenvalue weighted by Crippen LogP contribution is -2.41. The molecule has 0 aromatic rings. The Morgan fingerprint density at radius 2 is 1.88 bits per heavy atom. The van der Waals surface area contributed by atoms with Crippen LogP contribution in [-0.2, 0) is 18.3 Å². The molecule has 1 heterocycles. The first kappa shape index (κ1) is 15.1. The van der Waals surface area contributed by atoms with Crippen LogP contribution in [0.2, 0.25) is 12.6 Å². The van der Waals surface area contributed by atoms with Gasteiger partial charge >= 0.3 is 8.56 Å². The normalized spacial score (nSPS) is 21.5. The van der Waals surface area contributed by atoms with Crippen molar-refractivity contribution in [2.24, 2.45) is 5.92 Å². The number of hydrogen-bond donors (Lipinski definition) is 0. The Balaban J connectivity index is 2.20. The molecule has 0 aromatic carbocycles. The SMILES string of the molecule is CCO[Si](C)(CC(C)COCC1CO1)OCC. The Kier molecular flexibility index (Phi) is 6.65. The van der Waals surface area contributed by atoms with Gasteiger partial charge in [-0.3, -0.25) is 0 Å². The average Bonchev–Trinajstić information content (AvgIpc) is 3.01. The van der Waals surface area contributed by atoms with Crippen molar-refractivity contribution in [1.29, 1.82) is 0 Å². The highest BCUT2D eigenvalue weighted by molar-refractivity contribution is 6.66. The molecule has 0 spiro atoms. The van der Waals surface area contributed by atoms with Crippen LogP contribution in [-0.4, -0.2) is 47.7 Å². The van der Waals surface area contributed by atoms with E-state index in [4.69, 9.17) is 18.3 Å². The summed E-state index contributed by atoms with van der Waals surface area (Å²) in [5.74, 6) is 0.475. The molecule has 0 aromatic heterocycles. The molecular formula is C12H26O4Si. The summed E-state index contributed by atoms with van der Waals surface area (Å²) in [5.41, 5.74) is 0. The molecule has 0 aliphatic carbocycles. The predicted molar refractivity (Wildman–Crippen MR) is 69.4 cm³/mol. The second kappa shape index (κ2) is 7.48. The van der Waals surface area contributed by atoms with E-state index in [1.807, 2.05) is 13.8 Å². The molecule has 0 amide bonds. The van der Waals surface area contributed by atoms with Gasteiger partial charge in [0.05, 0.1) is 13.2 Å². The van der Waals surface area contributed by atoms with E-state index in [-0.39, 0.29) is 0 Å². The maximum absolute atomic E-state index is 5.82. The van der Waals surface area contributed by atoms with Crippen LogP contribution in [0.15, 0.2) is 0 Å². The molecule has 0 radical (unpaired) electrons. The lowest BCUT2D eigenvalue weighted by Gasteiger charge is -2.28. The van der Waals surface area contributed by atoms with Crippen LogP contribution in [0.1, 0.15) is 20.8 Å². The summed E-state index contributed by atoms with van der Waals surface area (Å²) in [6, 6.07) is 0.986. The molecule has 0 N–H and O–H groups in total. The third-order valence-electron chi connectivity index (χ3n) is 2.73. The topological polar surface area (TPSA) is 40.2 Å². The molecular weight excluding hydrogens is 236 g/mol. The van der Waals surface area contributed by atoms with Gasteiger partial charge in [0.1, 0.15) is 6.10 Å². The summed E-state index contributed by atoms with van der Waals surface area (Å²) < 4.78 is 22.3. The summed E-state index contributed by atoms with van der Waals surface area (Å²) in [6.45, 7) is 12.2. The summed E-state index contributed by atoms with van der Waals surface area (Å²) in [6.07, 6.45) is 0.351. The van der Waals surface area contributed by atoms with Crippen molar-refractivity contribution in [3.8, 4) is 0 Å². The Hall–Kier alpha value is 0.0569. The fourth-order valence-corrected chi connectivity index (χ4v) is 4.95. The lowest BCUT2D eigenvalue weighted by molar-refractivity contribution is 0.0897. The Morgan fingerprint density at radius 1 is 1.29 bits per heavy atom. The first-order valence-electron chi connectivity index (χ1n) is 6.57. The van der Waals surface area contributed by atoms with E-state index in [1.54, 1.807) is 0 Å². The Bertz CT molecular complexity index is 203. The molecule has 1 aliphatic rings. The van der Waals surface area contributed by atoms with Gasteiger partial charge in [-0.25, -0.2) is 0 Å². The van der Waals surface area contributed by atoms with Gasteiger partial charge in [0.25, 0.3) is 0 Å². The molecule has 17 heavy (non-hydrogen) atoms. The summed E-state index contributed by atoms with van der Waals surface area (Å²) in [4.78, 5) is 0.